The number of hydrogen-bond donors (Lipinski definition) is 1. The third kappa shape index (κ3) is 3.76. The molecule has 0 aliphatic heterocycles. The SMILES string of the molecule is CCCOc1ccccc1C(N)CSC. The van der Waals surface area contributed by atoms with Gasteiger partial charge in [-0.15, -0.1) is 0 Å². The van der Waals surface area contributed by atoms with E-state index in [4.69, 9.17) is 10.5 Å². The van der Waals surface area contributed by atoms with Gasteiger partial charge in [0.05, 0.1) is 6.61 Å². The van der Waals surface area contributed by atoms with Gasteiger partial charge < -0.3 is 10.5 Å². The van der Waals surface area contributed by atoms with Gasteiger partial charge in [-0.25, -0.2) is 0 Å². The van der Waals surface area contributed by atoms with E-state index in [2.05, 4.69) is 13.2 Å². The van der Waals surface area contributed by atoms with E-state index < -0.39 is 0 Å². The minimum Gasteiger partial charge on any atom is -0.493 e. The molecule has 0 radical (unpaired) electrons. The Hall–Kier alpha value is -0.670. The Bertz CT molecular complexity index is 291. The quantitative estimate of drug-likeness (QED) is 0.808. The summed E-state index contributed by atoms with van der Waals surface area (Å²) >= 11 is 1.76. The molecule has 0 fully saturated rings. The highest BCUT2D eigenvalue weighted by Crippen LogP contribution is 2.25. The van der Waals surface area contributed by atoms with Crippen LogP contribution in [0.25, 0.3) is 0 Å². The Morgan fingerprint density at radius 3 is 2.80 bits per heavy atom. The lowest BCUT2D eigenvalue weighted by molar-refractivity contribution is 0.313. The van der Waals surface area contributed by atoms with Gasteiger partial charge in [-0.2, -0.15) is 11.8 Å². The summed E-state index contributed by atoms with van der Waals surface area (Å²) in [4.78, 5) is 0. The predicted molar refractivity (Wildman–Crippen MR) is 67.5 cm³/mol. The molecular weight excluding hydrogens is 206 g/mol. The first kappa shape index (κ1) is 12.4. The summed E-state index contributed by atoms with van der Waals surface area (Å²) < 4.78 is 5.66. The van der Waals surface area contributed by atoms with Gasteiger partial charge in [-0.1, -0.05) is 25.1 Å². The van der Waals surface area contributed by atoms with Crippen molar-refractivity contribution >= 4 is 11.8 Å². The van der Waals surface area contributed by atoms with Gasteiger partial charge in [0.1, 0.15) is 5.75 Å². The van der Waals surface area contributed by atoms with Crippen LogP contribution in [-0.2, 0) is 0 Å². The zero-order chi connectivity index (χ0) is 11.1. The highest BCUT2D eigenvalue weighted by Gasteiger charge is 2.10. The molecule has 0 aliphatic rings. The van der Waals surface area contributed by atoms with Crippen LogP contribution in [0.1, 0.15) is 24.9 Å². The Kier molecular flexibility index (Phi) is 5.58. The molecule has 0 saturated heterocycles. The second-order valence-electron chi connectivity index (χ2n) is 3.45. The molecule has 1 atom stereocenters. The molecule has 0 aromatic heterocycles. The molecule has 1 aromatic carbocycles. The van der Waals surface area contributed by atoms with Crippen molar-refractivity contribution in [3.05, 3.63) is 29.8 Å². The average molecular weight is 225 g/mol. The summed E-state index contributed by atoms with van der Waals surface area (Å²) in [6.07, 6.45) is 3.08. The third-order valence-corrected chi connectivity index (χ3v) is 2.82. The first-order chi connectivity index (χ1) is 7.29. The molecule has 2 nitrogen and oxygen atoms in total. The van der Waals surface area contributed by atoms with Crippen LogP contribution in [0.3, 0.4) is 0 Å². The zero-order valence-corrected chi connectivity index (χ0v) is 10.2. The smallest absolute Gasteiger partial charge is 0.124 e. The van der Waals surface area contributed by atoms with Crippen molar-refractivity contribution in [2.75, 3.05) is 18.6 Å². The van der Waals surface area contributed by atoms with Crippen molar-refractivity contribution in [3.63, 3.8) is 0 Å². The van der Waals surface area contributed by atoms with Crippen LogP contribution in [-0.4, -0.2) is 18.6 Å². The summed E-state index contributed by atoms with van der Waals surface area (Å²) in [5, 5.41) is 0. The van der Waals surface area contributed by atoms with Gasteiger partial charge in [-0.05, 0) is 18.7 Å². The number of para-hydroxylation sites is 1. The van der Waals surface area contributed by atoms with Crippen molar-refractivity contribution in [2.24, 2.45) is 5.73 Å². The van der Waals surface area contributed by atoms with Crippen molar-refractivity contribution in [3.8, 4) is 5.75 Å². The lowest BCUT2D eigenvalue weighted by Gasteiger charge is -2.15. The number of ether oxygens (including phenoxy) is 1. The van der Waals surface area contributed by atoms with E-state index >= 15 is 0 Å². The van der Waals surface area contributed by atoms with Gasteiger partial charge in [0.25, 0.3) is 0 Å². The van der Waals surface area contributed by atoms with Gasteiger partial charge >= 0.3 is 0 Å². The van der Waals surface area contributed by atoms with E-state index in [9.17, 15) is 0 Å². The van der Waals surface area contributed by atoms with Crippen molar-refractivity contribution in [1.82, 2.24) is 0 Å². The number of thioether (sulfide) groups is 1. The number of nitrogens with two attached hydrogens (primary N) is 1. The molecule has 15 heavy (non-hydrogen) atoms. The summed E-state index contributed by atoms with van der Waals surface area (Å²) in [5.41, 5.74) is 7.19. The standard InChI is InChI=1S/C12H19NOS/c1-3-8-14-12-7-5-4-6-10(12)11(13)9-15-2/h4-7,11H,3,8-9,13H2,1-2H3. The molecule has 0 saturated carbocycles. The van der Waals surface area contributed by atoms with Crippen LogP contribution >= 0.6 is 11.8 Å². The minimum atomic E-state index is 0.0630. The van der Waals surface area contributed by atoms with Crippen molar-refractivity contribution in [1.29, 1.82) is 0 Å². The van der Waals surface area contributed by atoms with Crippen LogP contribution in [0.5, 0.6) is 5.75 Å². The maximum atomic E-state index is 6.08. The average Bonchev–Trinajstić information content (AvgIpc) is 2.27. The summed E-state index contributed by atoms with van der Waals surface area (Å²) in [7, 11) is 0. The first-order valence-electron chi connectivity index (χ1n) is 5.25. The lowest BCUT2D eigenvalue weighted by Crippen LogP contribution is -2.14. The summed E-state index contributed by atoms with van der Waals surface area (Å²) in [6, 6.07) is 8.10. The molecule has 0 spiro atoms. The fraction of sp³-hybridized carbons (Fsp3) is 0.500. The molecule has 0 heterocycles. The van der Waals surface area contributed by atoms with E-state index in [-0.39, 0.29) is 6.04 Å². The highest BCUT2D eigenvalue weighted by molar-refractivity contribution is 7.98. The van der Waals surface area contributed by atoms with E-state index in [0.29, 0.717) is 0 Å². The van der Waals surface area contributed by atoms with Crippen LogP contribution < -0.4 is 10.5 Å². The van der Waals surface area contributed by atoms with E-state index in [1.165, 1.54) is 0 Å². The van der Waals surface area contributed by atoms with Gasteiger partial charge in [-0.3, -0.25) is 0 Å². The predicted octanol–water partition coefficient (Wildman–Crippen LogP) is 2.84. The number of rotatable bonds is 6. The maximum Gasteiger partial charge on any atom is 0.124 e. The minimum absolute atomic E-state index is 0.0630. The lowest BCUT2D eigenvalue weighted by atomic mass is 10.1. The first-order valence-corrected chi connectivity index (χ1v) is 6.65. The van der Waals surface area contributed by atoms with Crippen LogP contribution in [0.4, 0.5) is 0 Å². The van der Waals surface area contributed by atoms with Crippen molar-refractivity contribution < 1.29 is 4.74 Å². The van der Waals surface area contributed by atoms with Gasteiger partial charge in [0.2, 0.25) is 0 Å². The third-order valence-electron chi connectivity index (χ3n) is 2.13. The fourth-order valence-electron chi connectivity index (χ4n) is 1.40. The second kappa shape index (κ2) is 6.75. The van der Waals surface area contributed by atoms with E-state index in [1.807, 2.05) is 24.3 Å². The van der Waals surface area contributed by atoms with E-state index in [0.717, 1.165) is 30.1 Å². The van der Waals surface area contributed by atoms with Gasteiger partial charge in [0.15, 0.2) is 0 Å². The molecule has 0 aliphatic carbocycles. The molecule has 1 rings (SSSR count). The van der Waals surface area contributed by atoms with Gasteiger partial charge in [0, 0.05) is 17.4 Å². The Morgan fingerprint density at radius 1 is 1.40 bits per heavy atom. The summed E-state index contributed by atoms with van der Waals surface area (Å²) in [6.45, 7) is 2.85. The molecule has 1 aromatic rings. The Labute approximate surface area is 96.2 Å². The summed E-state index contributed by atoms with van der Waals surface area (Å²) in [5.74, 6) is 1.85. The topological polar surface area (TPSA) is 35.2 Å². The monoisotopic (exact) mass is 225 g/mol. The largest absolute Gasteiger partial charge is 0.493 e. The van der Waals surface area contributed by atoms with E-state index in [1.54, 1.807) is 11.8 Å². The molecule has 0 bridgehead atoms. The molecule has 3 heteroatoms. The van der Waals surface area contributed by atoms with Crippen LogP contribution in [0.15, 0.2) is 24.3 Å². The van der Waals surface area contributed by atoms with Crippen LogP contribution in [0.2, 0.25) is 0 Å². The molecule has 84 valence electrons. The zero-order valence-electron chi connectivity index (χ0n) is 9.40. The van der Waals surface area contributed by atoms with Crippen LogP contribution in [0, 0.1) is 0 Å². The Morgan fingerprint density at radius 2 is 2.13 bits per heavy atom. The maximum absolute atomic E-state index is 6.08. The fourth-order valence-corrected chi connectivity index (χ4v) is 1.94. The molecular formula is C12H19NOS. The highest BCUT2D eigenvalue weighted by atomic mass is 32.2. The van der Waals surface area contributed by atoms with Crippen molar-refractivity contribution in [2.45, 2.75) is 19.4 Å². The number of hydrogen-bond acceptors (Lipinski definition) is 3. The normalized spacial score (nSPS) is 12.5. The Balaban J connectivity index is 2.75. The molecule has 0 amide bonds. The second-order valence-corrected chi connectivity index (χ2v) is 4.36. The molecule has 2 N–H and O–H groups in total. The number of benzene rings is 1. The molecule has 1 unspecified atom stereocenters.